The lowest BCUT2D eigenvalue weighted by Crippen LogP contribution is -2.38. The molecule has 0 aromatic heterocycles. The Labute approximate surface area is 114 Å². The van der Waals surface area contributed by atoms with E-state index in [0.29, 0.717) is 11.3 Å². The van der Waals surface area contributed by atoms with Crippen LogP contribution in [0.1, 0.15) is 24.2 Å². The first-order valence-corrected chi connectivity index (χ1v) is 6.35. The number of carbonyl (C=O) groups excluding carboxylic acids is 1. The smallest absolute Gasteiger partial charge is 0.251 e. The highest BCUT2D eigenvalue weighted by atomic mass is 16.3. The molecule has 0 saturated carbocycles. The summed E-state index contributed by atoms with van der Waals surface area (Å²) in [7, 11) is 3.80. The number of carbonyl (C=O) groups is 1. The molecule has 2 unspecified atom stereocenters. The Morgan fingerprint density at radius 3 is 2.53 bits per heavy atom. The van der Waals surface area contributed by atoms with Crippen LogP contribution in [0.3, 0.4) is 0 Å². The number of hydrogen-bond donors (Lipinski definition) is 3. The monoisotopic (exact) mass is 265 g/mol. The highest BCUT2D eigenvalue weighted by Gasteiger charge is 2.15. The molecule has 1 aromatic rings. The molecular formula is C14H23N3O2. The minimum absolute atomic E-state index is 0.0161. The lowest BCUT2D eigenvalue weighted by atomic mass is 10.0. The largest absolute Gasteiger partial charge is 0.397 e. The van der Waals surface area contributed by atoms with Crippen LogP contribution in [-0.4, -0.2) is 37.8 Å². The Bertz CT molecular complexity index is 446. The third-order valence-electron chi connectivity index (χ3n) is 3.27. The highest BCUT2D eigenvalue weighted by Crippen LogP contribution is 2.22. The normalized spacial score (nSPS) is 13.7. The molecule has 5 nitrogen and oxygen atoms in total. The zero-order valence-electron chi connectivity index (χ0n) is 12.0. The molecule has 0 saturated heterocycles. The van der Waals surface area contributed by atoms with E-state index in [1.54, 1.807) is 12.1 Å². The van der Waals surface area contributed by atoms with Crippen molar-refractivity contribution in [2.75, 3.05) is 31.3 Å². The first-order chi connectivity index (χ1) is 8.86. The third-order valence-corrected chi connectivity index (χ3v) is 3.27. The molecule has 1 aromatic carbocycles. The first-order valence-electron chi connectivity index (χ1n) is 6.35. The Balaban J connectivity index is 2.81. The van der Waals surface area contributed by atoms with Crippen LogP contribution in [0, 0.1) is 5.92 Å². The van der Waals surface area contributed by atoms with Gasteiger partial charge in [-0.2, -0.15) is 0 Å². The van der Waals surface area contributed by atoms with Gasteiger partial charge in [0.25, 0.3) is 5.91 Å². The number of nitrogens with zero attached hydrogens (tertiary/aromatic N) is 1. The number of nitrogen functional groups attached to an aromatic ring is 1. The fourth-order valence-corrected chi connectivity index (χ4v) is 1.69. The van der Waals surface area contributed by atoms with E-state index in [1.807, 2.05) is 38.9 Å². The van der Waals surface area contributed by atoms with Crippen molar-refractivity contribution in [3.8, 4) is 0 Å². The molecule has 0 fully saturated rings. The number of rotatable bonds is 5. The van der Waals surface area contributed by atoms with E-state index >= 15 is 0 Å². The maximum atomic E-state index is 12.0. The summed E-state index contributed by atoms with van der Waals surface area (Å²) in [5, 5.41) is 11.9. The quantitative estimate of drug-likeness (QED) is 0.696. The molecule has 0 heterocycles. The predicted molar refractivity (Wildman–Crippen MR) is 78.4 cm³/mol. The van der Waals surface area contributed by atoms with Gasteiger partial charge in [0, 0.05) is 32.3 Å². The first kappa shape index (κ1) is 15.3. The summed E-state index contributed by atoms with van der Waals surface area (Å²) in [5.74, 6) is -0.160. The van der Waals surface area contributed by atoms with Crippen molar-refractivity contribution in [1.82, 2.24) is 5.32 Å². The van der Waals surface area contributed by atoms with E-state index in [1.165, 1.54) is 0 Å². The van der Waals surface area contributed by atoms with Crippen LogP contribution in [0.15, 0.2) is 18.2 Å². The Kier molecular flexibility index (Phi) is 5.18. The molecule has 0 aliphatic carbocycles. The average Bonchev–Trinajstić information content (AvgIpc) is 2.36. The predicted octanol–water partition coefficient (Wildman–Crippen LogP) is 1.08. The summed E-state index contributed by atoms with van der Waals surface area (Å²) in [6.07, 6.45) is 0. The van der Waals surface area contributed by atoms with E-state index in [9.17, 15) is 4.79 Å². The van der Waals surface area contributed by atoms with E-state index in [0.717, 1.165) is 5.69 Å². The van der Waals surface area contributed by atoms with E-state index in [-0.39, 0.29) is 24.5 Å². The van der Waals surface area contributed by atoms with Crippen molar-refractivity contribution in [3.05, 3.63) is 23.8 Å². The van der Waals surface area contributed by atoms with Gasteiger partial charge in [-0.3, -0.25) is 4.79 Å². The fraction of sp³-hybridized carbons (Fsp3) is 0.500. The number of aliphatic hydroxyl groups is 1. The molecule has 0 aliphatic heterocycles. The molecule has 2 atom stereocenters. The van der Waals surface area contributed by atoms with Crippen molar-refractivity contribution >= 4 is 17.3 Å². The molecule has 4 N–H and O–H groups in total. The second kappa shape index (κ2) is 6.43. The van der Waals surface area contributed by atoms with Crippen LogP contribution in [-0.2, 0) is 0 Å². The number of hydrogen-bond acceptors (Lipinski definition) is 4. The summed E-state index contributed by atoms with van der Waals surface area (Å²) < 4.78 is 0. The third kappa shape index (κ3) is 3.86. The molecule has 0 bridgehead atoms. The lowest BCUT2D eigenvalue weighted by Gasteiger charge is -2.20. The summed E-state index contributed by atoms with van der Waals surface area (Å²) in [5.41, 5.74) is 7.90. The minimum Gasteiger partial charge on any atom is -0.397 e. The van der Waals surface area contributed by atoms with Gasteiger partial charge in [0.2, 0.25) is 0 Å². The van der Waals surface area contributed by atoms with Crippen LogP contribution in [0.2, 0.25) is 0 Å². The van der Waals surface area contributed by atoms with Crippen LogP contribution < -0.4 is 16.0 Å². The standard InChI is InChI=1S/C14H23N3O2/c1-9(8-18)10(2)16-14(19)11-5-6-13(17(3)4)12(15)7-11/h5-7,9-10,18H,8,15H2,1-4H3,(H,16,19). The van der Waals surface area contributed by atoms with Crippen molar-refractivity contribution in [1.29, 1.82) is 0 Å². The second-order valence-electron chi connectivity index (χ2n) is 5.09. The molecule has 1 amide bonds. The van der Waals surface area contributed by atoms with E-state index < -0.39 is 0 Å². The number of nitrogens with one attached hydrogen (secondary N) is 1. The molecule has 0 spiro atoms. The van der Waals surface area contributed by atoms with Crippen LogP contribution >= 0.6 is 0 Å². The topological polar surface area (TPSA) is 78.6 Å². The van der Waals surface area contributed by atoms with Gasteiger partial charge in [-0.15, -0.1) is 0 Å². The van der Waals surface area contributed by atoms with Gasteiger partial charge < -0.3 is 21.1 Å². The molecular weight excluding hydrogens is 242 g/mol. The van der Waals surface area contributed by atoms with Gasteiger partial charge in [0.1, 0.15) is 0 Å². The van der Waals surface area contributed by atoms with Gasteiger partial charge in [-0.1, -0.05) is 6.92 Å². The molecule has 0 radical (unpaired) electrons. The van der Waals surface area contributed by atoms with Crippen molar-refractivity contribution in [2.45, 2.75) is 19.9 Å². The number of amides is 1. The average molecular weight is 265 g/mol. The SMILES string of the molecule is CC(CO)C(C)NC(=O)c1ccc(N(C)C)c(N)c1. The van der Waals surface area contributed by atoms with Gasteiger partial charge in [-0.05, 0) is 31.0 Å². The Morgan fingerprint density at radius 2 is 2.05 bits per heavy atom. The van der Waals surface area contributed by atoms with Gasteiger partial charge in [0.15, 0.2) is 0 Å². The van der Waals surface area contributed by atoms with Crippen LogP contribution in [0.25, 0.3) is 0 Å². The molecule has 106 valence electrons. The number of anilines is 2. The highest BCUT2D eigenvalue weighted by molar-refractivity contribution is 5.96. The zero-order valence-corrected chi connectivity index (χ0v) is 12.0. The lowest BCUT2D eigenvalue weighted by molar-refractivity contribution is 0.0916. The van der Waals surface area contributed by atoms with E-state index in [2.05, 4.69) is 5.32 Å². The van der Waals surface area contributed by atoms with Crippen LogP contribution in [0.5, 0.6) is 0 Å². The van der Waals surface area contributed by atoms with Crippen molar-refractivity contribution in [2.24, 2.45) is 5.92 Å². The Morgan fingerprint density at radius 1 is 1.42 bits per heavy atom. The van der Waals surface area contributed by atoms with E-state index in [4.69, 9.17) is 10.8 Å². The van der Waals surface area contributed by atoms with Crippen molar-refractivity contribution in [3.63, 3.8) is 0 Å². The summed E-state index contributed by atoms with van der Waals surface area (Å²) >= 11 is 0. The number of nitrogens with two attached hydrogens (primary N) is 1. The Hall–Kier alpha value is -1.75. The maximum absolute atomic E-state index is 12.0. The van der Waals surface area contributed by atoms with Crippen LogP contribution in [0.4, 0.5) is 11.4 Å². The molecule has 5 heteroatoms. The molecule has 1 rings (SSSR count). The van der Waals surface area contributed by atoms with Gasteiger partial charge in [0.05, 0.1) is 11.4 Å². The van der Waals surface area contributed by atoms with Gasteiger partial charge >= 0.3 is 0 Å². The maximum Gasteiger partial charge on any atom is 0.251 e. The minimum atomic E-state index is -0.176. The fourth-order valence-electron chi connectivity index (χ4n) is 1.69. The number of benzene rings is 1. The zero-order chi connectivity index (χ0) is 14.6. The second-order valence-corrected chi connectivity index (χ2v) is 5.09. The van der Waals surface area contributed by atoms with Gasteiger partial charge in [-0.25, -0.2) is 0 Å². The summed E-state index contributed by atoms with van der Waals surface area (Å²) in [6.45, 7) is 3.80. The molecule has 0 aliphatic rings. The summed E-state index contributed by atoms with van der Waals surface area (Å²) in [6, 6.07) is 5.15. The molecule has 19 heavy (non-hydrogen) atoms. The van der Waals surface area contributed by atoms with Crippen molar-refractivity contribution < 1.29 is 9.90 Å². The summed E-state index contributed by atoms with van der Waals surface area (Å²) in [4.78, 5) is 13.9. The number of aliphatic hydroxyl groups excluding tert-OH is 1.